The summed E-state index contributed by atoms with van der Waals surface area (Å²) in [7, 11) is 0. The average Bonchev–Trinajstić information content (AvgIpc) is 2.81. The van der Waals surface area contributed by atoms with Gasteiger partial charge in [0, 0.05) is 17.8 Å². The molecule has 1 aromatic carbocycles. The molecule has 0 spiro atoms. The van der Waals surface area contributed by atoms with Gasteiger partial charge in [0.05, 0.1) is 11.7 Å². The van der Waals surface area contributed by atoms with Crippen LogP contribution in [0, 0.1) is 5.82 Å². The van der Waals surface area contributed by atoms with Gasteiger partial charge in [-0.15, -0.1) is 0 Å². The Morgan fingerprint density at radius 2 is 2.22 bits per heavy atom. The highest BCUT2D eigenvalue weighted by molar-refractivity contribution is 6.31. The Morgan fingerprint density at radius 3 is 2.89 bits per heavy atom. The number of aromatic nitrogens is 2. The molecule has 0 amide bonds. The van der Waals surface area contributed by atoms with E-state index in [1.165, 1.54) is 12.1 Å². The molecular formula is C13H15ClFN3. The Balaban J connectivity index is 2.18. The minimum Gasteiger partial charge on any atom is -0.322 e. The van der Waals surface area contributed by atoms with Crippen molar-refractivity contribution in [3.63, 3.8) is 0 Å². The third-order valence-corrected chi connectivity index (χ3v) is 3.24. The monoisotopic (exact) mass is 267 g/mol. The smallest absolute Gasteiger partial charge is 0.124 e. The molecule has 1 atom stereocenters. The maximum absolute atomic E-state index is 12.9. The topological polar surface area (TPSA) is 43.8 Å². The third kappa shape index (κ3) is 2.71. The van der Waals surface area contributed by atoms with Crippen LogP contribution in [0.1, 0.15) is 24.2 Å². The Morgan fingerprint density at radius 1 is 1.44 bits per heavy atom. The summed E-state index contributed by atoms with van der Waals surface area (Å²) in [5.74, 6) is -0.337. The molecule has 0 saturated heterocycles. The molecule has 1 heterocycles. The van der Waals surface area contributed by atoms with Crippen molar-refractivity contribution >= 4 is 11.6 Å². The molecule has 0 saturated carbocycles. The molecule has 2 aromatic rings. The van der Waals surface area contributed by atoms with Crippen LogP contribution in [0.2, 0.25) is 5.02 Å². The molecule has 1 aromatic heterocycles. The van der Waals surface area contributed by atoms with Crippen molar-refractivity contribution in [1.29, 1.82) is 0 Å². The van der Waals surface area contributed by atoms with E-state index in [2.05, 4.69) is 5.10 Å². The maximum Gasteiger partial charge on any atom is 0.124 e. The van der Waals surface area contributed by atoms with Crippen LogP contribution < -0.4 is 5.73 Å². The molecule has 0 aliphatic rings. The van der Waals surface area contributed by atoms with E-state index < -0.39 is 0 Å². The number of nitrogens with two attached hydrogens (primary N) is 1. The highest BCUT2D eigenvalue weighted by Crippen LogP contribution is 2.23. The van der Waals surface area contributed by atoms with Crippen molar-refractivity contribution in [3.05, 3.63) is 52.6 Å². The minimum atomic E-state index is -0.337. The van der Waals surface area contributed by atoms with E-state index in [-0.39, 0.29) is 11.9 Å². The summed E-state index contributed by atoms with van der Waals surface area (Å²) in [6.45, 7) is 2.78. The number of hydrogen-bond donors (Lipinski definition) is 1. The van der Waals surface area contributed by atoms with E-state index in [0.717, 1.165) is 17.8 Å². The second kappa shape index (κ2) is 5.50. The fourth-order valence-electron chi connectivity index (χ4n) is 1.95. The van der Waals surface area contributed by atoms with Gasteiger partial charge in [0.2, 0.25) is 0 Å². The van der Waals surface area contributed by atoms with Gasteiger partial charge in [-0.3, -0.25) is 4.68 Å². The number of halogens is 2. The molecule has 0 radical (unpaired) electrons. The van der Waals surface area contributed by atoms with Crippen molar-refractivity contribution in [2.75, 3.05) is 0 Å². The summed E-state index contributed by atoms with van der Waals surface area (Å²) in [6, 6.07) is 6.07. The zero-order valence-corrected chi connectivity index (χ0v) is 10.9. The highest BCUT2D eigenvalue weighted by Gasteiger charge is 2.13. The first-order valence-electron chi connectivity index (χ1n) is 5.83. The minimum absolute atomic E-state index is 0.199. The van der Waals surface area contributed by atoms with Gasteiger partial charge in [-0.05, 0) is 37.1 Å². The Hall–Kier alpha value is -1.39. The molecule has 3 nitrogen and oxygen atoms in total. The second-order valence-electron chi connectivity index (χ2n) is 4.12. The zero-order valence-electron chi connectivity index (χ0n) is 10.1. The van der Waals surface area contributed by atoms with Crippen LogP contribution in [0.3, 0.4) is 0 Å². The number of rotatable bonds is 4. The van der Waals surface area contributed by atoms with Crippen molar-refractivity contribution in [2.45, 2.75) is 25.9 Å². The van der Waals surface area contributed by atoms with Gasteiger partial charge in [0.25, 0.3) is 0 Å². The van der Waals surface area contributed by atoms with E-state index in [1.807, 2.05) is 17.7 Å². The lowest BCUT2D eigenvalue weighted by molar-refractivity contribution is 0.568. The molecule has 2 N–H and O–H groups in total. The number of nitrogens with zero attached hydrogens (tertiary/aromatic N) is 2. The lowest BCUT2D eigenvalue weighted by Gasteiger charge is -2.14. The molecule has 0 aliphatic carbocycles. The van der Waals surface area contributed by atoms with Gasteiger partial charge < -0.3 is 5.73 Å². The molecule has 0 fully saturated rings. The van der Waals surface area contributed by atoms with Gasteiger partial charge >= 0.3 is 0 Å². The fraction of sp³-hybridized carbons (Fsp3) is 0.308. The van der Waals surface area contributed by atoms with E-state index in [1.54, 1.807) is 12.3 Å². The molecule has 18 heavy (non-hydrogen) atoms. The van der Waals surface area contributed by atoms with E-state index in [0.29, 0.717) is 11.4 Å². The first kappa shape index (κ1) is 13.1. The number of hydrogen-bond acceptors (Lipinski definition) is 2. The molecule has 5 heteroatoms. The van der Waals surface area contributed by atoms with Crippen LogP contribution in [0.5, 0.6) is 0 Å². The summed E-state index contributed by atoms with van der Waals surface area (Å²) in [5.41, 5.74) is 7.94. The number of benzene rings is 1. The predicted molar refractivity (Wildman–Crippen MR) is 69.9 cm³/mol. The lowest BCUT2D eigenvalue weighted by atomic mass is 10.0. The van der Waals surface area contributed by atoms with Gasteiger partial charge in [-0.25, -0.2) is 4.39 Å². The van der Waals surface area contributed by atoms with Crippen molar-refractivity contribution in [2.24, 2.45) is 5.73 Å². The second-order valence-corrected chi connectivity index (χ2v) is 4.53. The Kier molecular flexibility index (Phi) is 3.99. The van der Waals surface area contributed by atoms with E-state index in [4.69, 9.17) is 17.3 Å². The molecule has 0 aliphatic heterocycles. The van der Waals surface area contributed by atoms with Crippen molar-refractivity contribution in [1.82, 2.24) is 9.78 Å². The van der Waals surface area contributed by atoms with Crippen LogP contribution in [0.25, 0.3) is 0 Å². The zero-order chi connectivity index (χ0) is 13.1. The molecule has 0 bridgehead atoms. The van der Waals surface area contributed by atoms with Crippen molar-refractivity contribution < 1.29 is 4.39 Å². The van der Waals surface area contributed by atoms with Gasteiger partial charge in [0.1, 0.15) is 5.82 Å². The first-order chi connectivity index (χ1) is 8.61. The third-order valence-electron chi connectivity index (χ3n) is 2.88. The molecule has 1 unspecified atom stereocenters. The van der Waals surface area contributed by atoms with Gasteiger partial charge in [-0.1, -0.05) is 17.7 Å². The van der Waals surface area contributed by atoms with Crippen molar-refractivity contribution in [3.8, 4) is 0 Å². The lowest BCUT2D eigenvalue weighted by Crippen LogP contribution is -2.18. The first-order valence-corrected chi connectivity index (χ1v) is 6.20. The summed E-state index contributed by atoms with van der Waals surface area (Å²) >= 11 is 5.99. The van der Waals surface area contributed by atoms with Crippen LogP contribution in [-0.2, 0) is 13.0 Å². The van der Waals surface area contributed by atoms with Crippen LogP contribution in [0.15, 0.2) is 30.5 Å². The SMILES string of the molecule is CCn1nccc1C(N)Cc1ccc(F)cc1Cl. The van der Waals surface area contributed by atoms with Gasteiger partial charge in [-0.2, -0.15) is 5.10 Å². The number of aryl methyl sites for hydroxylation is 1. The van der Waals surface area contributed by atoms with E-state index >= 15 is 0 Å². The molecule has 2 rings (SSSR count). The fourth-order valence-corrected chi connectivity index (χ4v) is 2.20. The highest BCUT2D eigenvalue weighted by atomic mass is 35.5. The summed E-state index contributed by atoms with van der Waals surface area (Å²) in [4.78, 5) is 0. The average molecular weight is 268 g/mol. The summed E-state index contributed by atoms with van der Waals surface area (Å²) < 4.78 is 14.8. The van der Waals surface area contributed by atoms with Gasteiger partial charge in [0.15, 0.2) is 0 Å². The van der Waals surface area contributed by atoms with Crippen LogP contribution in [0.4, 0.5) is 4.39 Å². The van der Waals surface area contributed by atoms with Crippen LogP contribution >= 0.6 is 11.6 Å². The Labute approximate surface area is 110 Å². The summed E-state index contributed by atoms with van der Waals surface area (Å²) in [6.07, 6.45) is 2.29. The standard InChI is InChI=1S/C13H15ClFN3/c1-2-18-13(5-6-17-18)12(16)7-9-3-4-10(15)8-11(9)14/h3-6,8,12H,2,7,16H2,1H3. The molecular weight excluding hydrogens is 253 g/mol. The van der Waals surface area contributed by atoms with Crippen LogP contribution in [-0.4, -0.2) is 9.78 Å². The Bertz CT molecular complexity index is 539. The largest absolute Gasteiger partial charge is 0.322 e. The quantitative estimate of drug-likeness (QED) is 0.926. The summed E-state index contributed by atoms with van der Waals surface area (Å²) in [5, 5.41) is 4.59. The predicted octanol–water partition coefficient (Wildman–Crippen LogP) is 2.94. The molecule has 96 valence electrons. The van der Waals surface area contributed by atoms with E-state index in [9.17, 15) is 4.39 Å². The normalized spacial score (nSPS) is 12.7. The maximum atomic E-state index is 12.9.